The molecule has 4 aliphatic rings. The molecule has 1 aromatic heterocycles. The summed E-state index contributed by atoms with van der Waals surface area (Å²) >= 11 is 0. The Morgan fingerprint density at radius 3 is 2.38 bits per heavy atom. The number of hydrogen-bond donors (Lipinski definition) is 3. The second-order valence-electron chi connectivity index (χ2n) is 8.85. The fourth-order valence-corrected chi connectivity index (χ4v) is 5.93. The first-order chi connectivity index (χ1) is 12.5. The van der Waals surface area contributed by atoms with Crippen molar-refractivity contribution in [3.63, 3.8) is 0 Å². The van der Waals surface area contributed by atoms with Crippen LogP contribution in [0.15, 0.2) is 6.20 Å². The molecule has 0 aliphatic heterocycles. The molecule has 0 aromatic carbocycles. The van der Waals surface area contributed by atoms with Crippen LogP contribution in [0.5, 0.6) is 0 Å². The molecule has 1 aromatic rings. The number of hydrogen-bond acceptors (Lipinski definition) is 3. The lowest BCUT2D eigenvalue weighted by Gasteiger charge is -2.55. The molecule has 1 heterocycles. The summed E-state index contributed by atoms with van der Waals surface area (Å²) in [4.78, 5) is 24.9. The highest BCUT2D eigenvalue weighted by atomic mass is 16.2. The maximum atomic E-state index is 12.8. The first kappa shape index (κ1) is 17.6. The Morgan fingerprint density at radius 2 is 1.81 bits per heavy atom. The number of nitrogens with one attached hydrogen (secondary N) is 3. The van der Waals surface area contributed by atoms with E-state index in [4.69, 9.17) is 0 Å². The van der Waals surface area contributed by atoms with Crippen molar-refractivity contribution in [2.75, 3.05) is 13.1 Å². The molecular formula is C20H30N4O2. The smallest absolute Gasteiger partial charge is 0.239 e. The van der Waals surface area contributed by atoms with Crippen molar-refractivity contribution in [1.82, 2.24) is 20.8 Å². The van der Waals surface area contributed by atoms with Gasteiger partial charge in [-0.1, -0.05) is 0 Å². The van der Waals surface area contributed by atoms with Gasteiger partial charge in [-0.05, 0) is 81.6 Å². The van der Waals surface area contributed by atoms with Crippen LogP contribution in [0.25, 0.3) is 0 Å². The second-order valence-corrected chi connectivity index (χ2v) is 8.85. The summed E-state index contributed by atoms with van der Waals surface area (Å²) in [6.45, 7) is 2.73. The molecule has 4 fully saturated rings. The molecule has 0 saturated heterocycles. The minimum absolute atomic E-state index is 0.0907. The Bertz CT molecular complexity index is 646. The van der Waals surface area contributed by atoms with Crippen molar-refractivity contribution >= 4 is 11.8 Å². The Morgan fingerprint density at radius 1 is 1.15 bits per heavy atom. The van der Waals surface area contributed by atoms with Crippen LogP contribution in [0.3, 0.4) is 0 Å². The van der Waals surface area contributed by atoms with Crippen molar-refractivity contribution in [2.24, 2.45) is 23.2 Å². The largest absolute Gasteiger partial charge is 0.355 e. The van der Waals surface area contributed by atoms with Gasteiger partial charge in [-0.15, -0.1) is 0 Å². The summed E-state index contributed by atoms with van der Waals surface area (Å²) in [5.74, 6) is 2.26. The van der Waals surface area contributed by atoms with E-state index in [1.54, 1.807) is 0 Å². The molecule has 142 valence electrons. The molecule has 6 heteroatoms. The van der Waals surface area contributed by atoms with Gasteiger partial charge in [-0.25, -0.2) is 0 Å². The average molecular weight is 358 g/mol. The van der Waals surface area contributed by atoms with Gasteiger partial charge in [-0.2, -0.15) is 5.10 Å². The van der Waals surface area contributed by atoms with Gasteiger partial charge in [0.25, 0.3) is 0 Å². The van der Waals surface area contributed by atoms with E-state index in [1.165, 1.54) is 24.8 Å². The fraction of sp³-hybridized carbons (Fsp3) is 0.750. The first-order valence-electron chi connectivity index (χ1n) is 10.1. The summed E-state index contributed by atoms with van der Waals surface area (Å²) in [5, 5.41) is 12.8. The highest BCUT2D eigenvalue weighted by molar-refractivity contribution is 5.88. The van der Waals surface area contributed by atoms with Crippen molar-refractivity contribution in [3.05, 3.63) is 17.5 Å². The average Bonchev–Trinajstić information content (AvgIpc) is 3.00. The Kier molecular flexibility index (Phi) is 4.76. The van der Waals surface area contributed by atoms with Crippen LogP contribution in [0.2, 0.25) is 0 Å². The summed E-state index contributed by atoms with van der Waals surface area (Å²) in [6, 6.07) is 0. The van der Waals surface area contributed by atoms with E-state index < -0.39 is 0 Å². The van der Waals surface area contributed by atoms with Crippen LogP contribution in [0.4, 0.5) is 0 Å². The molecule has 26 heavy (non-hydrogen) atoms. The minimum Gasteiger partial charge on any atom is -0.355 e. The van der Waals surface area contributed by atoms with Gasteiger partial charge in [0.05, 0.1) is 12.7 Å². The number of aromatic amines is 1. The standard InChI is InChI=1S/C20H30N4O2/c1-13-17(11-23-24-13)3-2-4-21-18(25)12-22-19(26)20-8-14-5-15(9-20)7-16(6-14)10-20/h11,14-16H,2-10,12H2,1H3,(H,21,25)(H,22,26)(H,23,24). The number of aryl methyl sites for hydroxylation is 2. The van der Waals surface area contributed by atoms with Crippen molar-refractivity contribution < 1.29 is 9.59 Å². The number of carbonyl (C=O) groups is 2. The lowest BCUT2D eigenvalue weighted by molar-refractivity contribution is -0.147. The third-order valence-corrected chi connectivity index (χ3v) is 6.81. The Hall–Kier alpha value is -1.85. The highest BCUT2D eigenvalue weighted by Gasteiger charge is 2.54. The third-order valence-electron chi connectivity index (χ3n) is 6.81. The zero-order valence-electron chi connectivity index (χ0n) is 15.6. The number of carbonyl (C=O) groups excluding carboxylic acids is 2. The SMILES string of the molecule is Cc1[nH]ncc1CCCNC(=O)CNC(=O)C12CC3CC(CC(C3)C1)C2. The number of amides is 2. The van der Waals surface area contributed by atoms with Crippen LogP contribution >= 0.6 is 0 Å². The van der Waals surface area contributed by atoms with Crippen LogP contribution in [0, 0.1) is 30.1 Å². The van der Waals surface area contributed by atoms with Crippen molar-refractivity contribution in [2.45, 2.75) is 58.3 Å². The van der Waals surface area contributed by atoms with E-state index in [2.05, 4.69) is 20.8 Å². The molecule has 0 radical (unpaired) electrons. The third kappa shape index (κ3) is 3.51. The maximum absolute atomic E-state index is 12.8. The molecule has 0 spiro atoms. The van der Waals surface area contributed by atoms with Gasteiger partial charge in [0.15, 0.2) is 0 Å². The van der Waals surface area contributed by atoms with Crippen LogP contribution in [0.1, 0.15) is 56.2 Å². The number of nitrogens with zero attached hydrogens (tertiary/aromatic N) is 1. The van der Waals surface area contributed by atoms with E-state index in [-0.39, 0.29) is 23.8 Å². The molecule has 0 atom stereocenters. The molecule has 4 aliphatic carbocycles. The van der Waals surface area contributed by atoms with Gasteiger partial charge in [-0.3, -0.25) is 14.7 Å². The van der Waals surface area contributed by atoms with E-state index in [1.807, 2.05) is 13.1 Å². The summed E-state index contributed by atoms with van der Waals surface area (Å²) in [5.41, 5.74) is 2.10. The van der Waals surface area contributed by atoms with Gasteiger partial charge in [0, 0.05) is 17.7 Å². The quantitative estimate of drug-likeness (QED) is 0.652. The number of rotatable bonds is 7. The monoisotopic (exact) mass is 358 g/mol. The van der Waals surface area contributed by atoms with Crippen LogP contribution in [-0.2, 0) is 16.0 Å². The van der Waals surface area contributed by atoms with E-state index in [0.717, 1.165) is 55.6 Å². The van der Waals surface area contributed by atoms with E-state index >= 15 is 0 Å². The molecule has 6 nitrogen and oxygen atoms in total. The van der Waals surface area contributed by atoms with Gasteiger partial charge in [0.1, 0.15) is 0 Å². The van der Waals surface area contributed by atoms with Gasteiger partial charge in [0.2, 0.25) is 11.8 Å². The first-order valence-corrected chi connectivity index (χ1v) is 10.1. The topological polar surface area (TPSA) is 86.9 Å². The van der Waals surface area contributed by atoms with Crippen molar-refractivity contribution in [3.8, 4) is 0 Å². The molecule has 0 unspecified atom stereocenters. The number of H-pyrrole nitrogens is 1. The van der Waals surface area contributed by atoms with Gasteiger partial charge < -0.3 is 10.6 Å². The van der Waals surface area contributed by atoms with E-state index in [9.17, 15) is 9.59 Å². The lowest BCUT2D eigenvalue weighted by Crippen LogP contribution is -2.54. The molecule has 4 saturated carbocycles. The van der Waals surface area contributed by atoms with Crippen LogP contribution < -0.4 is 10.6 Å². The zero-order valence-corrected chi connectivity index (χ0v) is 15.6. The molecular weight excluding hydrogens is 328 g/mol. The Balaban J connectivity index is 1.19. The Labute approximate surface area is 154 Å². The summed E-state index contributed by atoms with van der Waals surface area (Å²) < 4.78 is 0. The molecule has 4 bridgehead atoms. The second kappa shape index (κ2) is 7.05. The molecule has 3 N–H and O–H groups in total. The normalized spacial score (nSPS) is 31.8. The number of aromatic nitrogens is 2. The predicted molar refractivity (Wildman–Crippen MR) is 98.3 cm³/mol. The molecule has 5 rings (SSSR count). The minimum atomic E-state index is -0.173. The fourth-order valence-electron chi connectivity index (χ4n) is 5.93. The summed E-state index contributed by atoms with van der Waals surface area (Å²) in [6.07, 6.45) is 10.7. The highest BCUT2D eigenvalue weighted by Crippen LogP contribution is 2.60. The summed E-state index contributed by atoms with van der Waals surface area (Å²) in [7, 11) is 0. The predicted octanol–water partition coefficient (Wildman–Crippen LogP) is 2.10. The lowest BCUT2D eigenvalue weighted by atomic mass is 9.49. The maximum Gasteiger partial charge on any atom is 0.239 e. The van der Waals surface area contributed by atoms with Gasteiger partial charge >= 0.3 is 0 Å². The van der Waals surface area contributed by atoms with Crippen LogP contribution in [-0.4, -0.2) is 35.1 Å². The zero-order chi connectivity index (χ0) is 18.1. The van der Waals surface area contributed by atoms with Crippen molar-refractivity contribution in [1.29, 1.82) is 0 Å². The molecule has 2 amide bonds. The van der Waals surface area contributed by atoms with E-state index in [0.29, 0.717) is 6.54 Å².